The van der Waals surface area contributed by atoms with Crippen LogP contribution in [0.25, 0.3) is 0 Å². The van der Waals surface area contributed by atoms with Crippen molar-refractivity contribution in [2.45, 2.75) is 52.1 Å². The summed E-state index contributed by atoms with van der Waals surface area (Å²) in [6.45, 7) is 4.36. The number of nitrogens with one attached hydrogen (secondary N) is 2. The Labute approximate surface area is 426 Å². The zero-order valence-corrected chi connectivity index (χ0v) is 41.1. The van der Waals surface area contributed by atoms with Crippen molar-refractivity contribution in [1.29, 1.82) is 5.26 Å². The van der Waals surface area contributed by atoms with Crippen LogP contribution >= 0.6 is 0 Å². The molecule has 4 heterocycles. The second kappa shape index (κ2) is 23.6. The first-order valence-corrected chi connectivity index (χ1v) is 23.1. The van der Waals surface area contributed by atoms with Crippen molar-refractivity contribution in [3.63, 3.8) is 0 Å². The number of hydrogen-bond donors (Lipinski definition) is 3. The summed E-state index contributed by atoms with van der Waals surface area (Å²) in [5.41, 5.74) is 3.14. The Bertz CT molecular complexity index is 2920. The smallest absolute Gasteiger partial charge is 0.416 e. The van der Waals surface area contributed by atoms with Gasteiger partial charge in [0.05, 0.1) is 58.9 Å². The molecule has 6 amide bonds. The normalized spacial score (nSPS) is 16.3. The molecular weight excluding hydrogens is 997 g/mol. The third-order valence-corrected chi connectivity index (χ3v) is 11.9. The van der Waals surface area contributed by atoms with Crippen molar-refractivity contribution < 1.29 is 64.6 Å². The number of carbonyl (C=O) groups excluding carboxylic acids is 6. The van der Waals surface area contributed by atoms with Gasteiger partial charge in [0, 0.05) is 50.0 Å². The van der Waals surface area contributed by atoms with Crippen molar-refractivity contribution in [2.75, 3.05) is 75.1 Å². The summed E-state index contributed by atoms with van der Waals surface area (Å²) >= 11 is 0. The predicted octanol–water partition coefficient (Wildman–Crippen LogP) is 6.47. The Morgan fingerprint density at radius 1 is 0.693 bits per heavy atom. The molecule has 0 saturated heterocycles. The molecule has 0 aliphatic carbocycles. The molecule has 2 aliphatic heterocycles. The van der Waals surface area contributed by atoms with E-state index in [0.717, 1.165) is 56.0 Å². The summed E-state index contributed by atoms with van der Waals surface area (Å²) in [4.78, 5) is 97.3. The largest absolute Gasteiger partial charge is 0.463 e. The summed E-state index contributed by atoms with van der Waals surface area (Å²) < 4.78 is 93.9. The summed E-state index contributed by atoms with van der Waals surface area (Å²) in [5.74, 6) is -3.21. The quantitative estimate of drug-likeness (QED) is 0.0716. The Morgan fingerprint density at radius 3 is 1.48 bits per heavy atom. The fourth-order valence-corrected chi connectivity index (χ4v) is 8.43. The maximum atomic E-state index is 14.5. The molecule has 4 aromatic rings. The first-order valence-electron chi connectivity index (χ1n) is 23.1. The maximum absolute atomic E-state index is 14.5. The van der Waals surface area contributed by atoms with Crippen molar-refractivity contribution >= 4 is 53.0 Å². The van der Waals surface area contributed by atoms with Crippen molar-refractivity contribution in [1.82, 2.24) is 35.3 Å². The minimum atomic E-state index is -4.79. The molecule has 19 nitrogen and oxygen atoms in total. The van der Waals surface area contributed by atoms with Crippen LogP contribution in [-0.2, 0) is 41.0 Å². The number of likely N-dealkylation sites (N-methyl/N-ethyl adjacent to an activating group) is 1. The first kappa shape index (κ1) is 55.8. The molecule has 396 valence electrons. The van der Waals surface area contributed by atoms with Gasteiger partial charge in [0.2, 0.25) is 11.8 Å². The lowest BCUT2D eigenvalue weighted by Gasteiger charge is -2.42. The van der Waals surface area contributed by atoms with Gasteiger partial charge in [-0.25, -0.2) is 29.1 Å². The van der Waals surface area contributed by atoms with Crippen LogP contribution in [0.2, 0.25) is 0 Å². The van der Waals surface area contributed by atoms with E-state index in [1.165, 1.54) is 76.5 Å². The van der Waals surface area contributed by atoms with Gasteiger partial charge in [-0.1, -0.05) is 24.3 Å². The lowest BCUT2D eigenvalue weighted by Crippen LogP contribution is -2.54. The molecule has 0 radical (unpaired) electrons. The van der Waals surface area contributed by atoms with E-state index in [2.05, 4.69) is 20.6 Å². The number of esters is 2. The van der Waals surface area contributed by atoms with Crippen LogP contribution in [0.5, 0.6) is 0 Å². The predicted molar refractivity (Wildman–Crippen MR) is 257 cm³/mol. The van der Waals surface area contributed by atoms with Crippen molar-refractivity contribution in [3.8, 4) is 6.07 Å². The topological polar surface area (TPSA) is 237 Å². The Balaban J connectivity index is 1.16. The average Bonchev–Trinajstić information content (AvgIpc) is 3.35. The molecule has 75 heavy (non-hydrogen) atoms. The fourth-order valence-electron chi connectivity index (χ4n) is 8.43. The second-order valence-corrected chi connectivity index (χ2v) is 16.9. The number of nitrogen functional groups attached to an aromatic ring is 1. The van der Waals surface area contributed by atoms with E-state index in [1.54, 1.807) is 11.9 Å². The summed E-state index contributed by atoms with van der Waals surface area (Å²) in [6, 6.07) is 10.7. The molecule has 2 unspecified atom stereocenters. The molecule has 0 fully saturated rings. The van der Waals surface area contributed by atoms with E-state index in [9.17, 15) is 60.4 Å². The number of pyridine rings is 2. The van der Waals surface area contributed by atoms with E-state index >= 15 is 0 Å². The van der Waals surface area contributed by atoms with Crippen molar-refractivity contribution in [2.24, 2.45) is 0 Å². The Morgan fingerprint density at radius 2 is 1.12 bits per heavy atom. The van der Waals surface area contributed by atoms with Gasteiger partial charge >= 0.3 is 36.4 Å². The summed E-state index contributed by atoms with van der Waals surface area (Å²) in [7, 11) is 1.65. The standard InChI is InChI=1S/C50H51F6N11O8/c1-6-74-45(70)41-29(3)66(36-12-8-10-33(22-36)49(51,52)53)47(72)64(43(41)31-14-16-35(24-57)61-25-31)27-39(68)59-18-20-63(5)21-19-60-40(69)28-65-44(32-15-17-38(58)62-26-32)42(46(71)75-7-2)30(4)67(48(65)73)37-13-9-11-34(23-37)50(54,55)56/h8-17,22-23,25-26,43-44H,6-7,18-21,27-28H2,1-5H3,(H2,58,62)(H,59,68)(H,60,69). The number of urea groups is 2. The molecule has 4 N–H and O–H groups in total. The van der Waals surface area contributed by atoms with Gasteiger partial charge in [0.15, 0.2) is 0 Å². The second-order valence-electron chi connectivity index (χ2n) is 16.9. The number of nitriles is 1. The number of nitrogens with two attached hydrogens (primary N) is 1. The number of carbonyl (C=O) groups is 6. The third-order valence-electron chi connectivity index (χ3n) is 11.9. The van der Waals surface area contributed by atoms with Gasteiger partial charge in [-0.3, -0.25) is 19.4 Å². The van der Waals surface area contributed by atoms with Gasteiger partial charge in [0.1, 0.15) is 30.7 Å². The van der Waals surface area contributed by atoms with Crippen LogP contribution in [0.1, 0.15) is 67.7 Å². The lowest BCUT2D eigenvalue weighted by molar-refractivity contribution is -0.140. The fraction of sp³-hybridized carbons (Fsp3) is 0.340. The highest BCUT2D eigenvalue weighted by atomic mass is 19.4. The van der Waals surface area contributed by atoms with Crippen molar-refractivity contribution in [3.05, 3.63) is 136 Å². The number of allylic oxidation sites excluding steroid dienone is 2. The van der Waals surface area contributed by atoms with Crippen LogP contribution in [0.15, 0.2) is 108 Å². The zero-order chi connectivity index (χ0) is 54.9. The number of rotatable bonds is 18. The van der Waals surface area contributed by atoms with E-state index in [4.69, 9.17) is 15.2 Å². The van der Waals surface area contributed by atoms with Gasteiger partial charge < -0.3 is 40.5 Å². The molecule has 0 saturated carbocycles. The summed E-state index contributed by atoms with van der Waals surface area (Å²) in [6.07, 6.45) is -7.05. The molecule has 2 aromatic carbocycles. The van der Waals surface area contributed by atoms with E-state index in [-0.39, 0.29) is 95.9 Å². The van der Waals surface area contributed by atoms with Crippen LogP contribution < -0.4 is 26.2 Å². The highest BCUT2D eigenvalue weighted by molar-refractivity contribution is 6.05. The highest BCUT2D eigenvalue weighted by Gasteiger charge is 2.46. The van der Waals surface area contributed by atoms with Gasteiger partial charge in [-0.05, 0) is 94.4 Å². The highest BCUT2D eigenvalue weighted by Crippen LogP contribution is 2.43. The average molecular weight is 1050 g/mol. The first-order chi connectivity index (χ1) is 35.5. The molecule has 6 rings (SSSR count). The number of amides is 6. The minimum absolute atomic E-state index is 0.00311. The van der Waals surface area contributed by atoms with Gasteiger partial charge in [0.25, 0.3) is 0 Å². The summed E-state index contributed by atoms with van der Waals surface area (Å²) in [5, 5.41) is 14.8. The van der Waals surface area contributed by atoms with Gasteiger partial charge in [-0.15, -0.1) is 0 Å². The maximum Gasteiger partial charge on any atom is 0.416 e. The molecule has 2 aliphatic rings. The number of hydrogen-bond acceptors (Lipinski definition) is 13. The number of benzene rings is 2. The Hall–Kier alpha value is -8.53. The lowest BCUT2D eigenvalue weighted by atomic mass is 9.93. The minimum Gasteiger partial charge on any atom is -0.463 e. The molecule has 25 heteroatoms. The Kier molecular flexibility index (Phi) is 17.5. The van der Waals surface area contributed by atoms with Crippen LogP contribution in [0, 0.1) is 11.3 Å². The number of aromatic nitrogens is 2. The molecule has 2 atom stereocenters. The number of nitrogens with zero attached hydrogens (tertiary/aromatic N) is 8. The molecular formula is C50H51F6N11O8. The van der Waals surface area contributed by atoms with Crippen LogP contribution in [-0.4, -0.2) is 120 Å². The molecule has 2 aromatic heterocycles. The molecule has 0 bridgehead atoms. The van der Waals surface area contributed by atoms with Crippen LogP contribution in [0.4, 0.5) is 53.1 Å². The van der Waals surface area contributed by atoms with Gasteiger partial charge in [-0.2, -0.15) is 31.6 Å². The zero-order valence-electron chi connectivity index (χ0n) is 41.1. The SMILES string of the molecule is CCOC(=O)C1=C(C)N(c2cccc(C(F)(F)F)c2)C(=O)N(CC(=O)NCCN(C)CCNC(=O)CN2C(=O)N(c3cccc(C(F)(F)F)c3)C(C)=C(C(=O)OCC)C2c2ccc(C#N)nc2)C1c1ccc(N)nc1. The third kappa shape index (κ3) is 12.8. The van der Waals surface area contributed by atoms with E-state index in [0.29, 0.717) is 0 Å². The van der Waals surface area contributed by atoms with Crippen LogP contribution in [0.3, 0.4) is 0 Å². The number of halogens is 6. The van der Waals surface area contributed by atoms with E-state index < -0.39 is 84.5 Å². The number of alkyl halides is 6. The van der Waals surface area contributed by atoms with E-state index in [1.807, 2.05) is 6.07 Å². The molecule has 0 spiro atoms. The monoisotopic (exact) mass is 1050 g/mol. The number of ether oxygens (including phenoxy) is 2. The number of anilines is 3.